The van der Waals surface area contributed by atoms with Crippen molar-refractivity contribution in [2.45, 2.75) is 0 Å². The molecule has 8 nitrogen and oxygen atoms in total. The maximum Gasteiger partial charge on any atom is 3.00 e. The van der Waals surface area contributed by atoms with Gasteiger partial charge in [-0.25, -0.2) is 0 Å². The Balaban J connectivity index is -0.0000000221. The maximum atomic E-state index is 8.52. The molecule has 11 heteroatoms. The van der Waals surface area contributed by atoms with Crippen LogP contribution in [0.25, 0.3) is 0 Å². The monoisotopic (exact) mass is 224 g/mol. The minimum absolute atomic E-state index is 0. The van der Waals surface area contributed by atoms with Crippen LogP contribution in [0.4, 0.5) is 4.79 Å². The summed E-state index contributed by atoms with van der Waals surface area (Å²) in [7, 11) is -5.17. The Morgan fingerprint density at radius 3 is 1.08 bits per heavy atom. The van der Waals surface area contributed by atoms with Crippen LogP contribution in [0.3, 0.4) is 0 Å². The van der Waals surface area contributed by atoms with E-state index in [2.05, 4.69) is 0 Å². The van der Waals surface area contributed by atoms with Gasteiger partial charge in [0, 0.05) is 10.4 Å². The summed E-state index contributed by atoms with van der Waals surface area (Å²) in [5, 5.41) is 16.7. The molecule has 64 valence electrons. The molecule has 0 bridgehead atoms. The molecule has 12 heavy (non-hydrogen) atoms. The van der Waals surface area contributed by atoms with Gasteiger partial charge in [0.2, 0.25) is 0 Å². The minimum Gasteiger partial charge on any atom is -0.870 e. The van der Waals surface area contributed by atoms with Gasteiger partial charge in [0.1, 0.15) is 0 Å². The zero-order chi connectivity index (χ0) is 8.08. The van der Waals surface area contributed by atoms with E-state index >= 15 is 0 Å². The third-order valence-corrected chi connectivity index (χ3v) is 0. The zero-order valence-corrected chi connectivity index (χ0v) is 8.88. The van der Waals surface area contributed by atoms with Gasteiger partial charge in [0.25, 0.3) is 0 Å². The Bertz CT molecular complexity index is 161. The van der Waals surface area contributed by atoms with Crippen LogP contribution in [-0.4, -0.2) is 69.6 Å². The van der Waals surface area contributed by atoms with Crippen molar-refractivity contribution in [2.75, 3.05) is 0 Å². The molecule has 0 aromatic carbocycles. The summed E-state index contributed by atoms with van der Waals surface area (Å²) in [5.74, 6) is 0. The second kappa shape index (κ2) is 14.0. The normalized spacial score (nSPS) is 6.83. The van der Waals surface area contributed by atoms with Crippen molar-refractivity contribution in [1.82, 2.24) is 0 Å². The Labute approximate surface area is 94.8 Å². The molecule has 0 spiro atoms. The van der Waals surface area contributed by atoms with E-state index in [-0.39, 0.29) is 45.9 Å². The third kappa shape index (κ3) is 5780. The fourth-order valence-electron chi connectivity index (χ4n) is 0. The number of hydrogen-bond donors (Lipinski definition) is 0. The van der Waals surface area contributed by atoms with Gasteiger partial charge in [0.05, 0.1) is 0 Å². The molecule has 0 heterocycles. The number of carbonyl (C=O) groups excluding carboxylic acids is 1. The smallest absolute Gasteiger partial charge is 0.870 e. The third-order valence-electron chi connectivity index (χ3n) is 0. The van der Waals surface area contributed by atoms with E-state index in [4.69, 9.17) is 32.5 Å². The number of rotatable bonds is 0. The van der Waals surface area contributed by atoms with Crippen molar-refractivity contribution >= 4 is 57.0 Å². The summed E-state index contributed by atoms with van der Waals surface area (Å²) < 4.78 is 34.1. The van der Waals surface area contributed by atoms with Crippen molar-refractivity contribution in [3.05, 3.63) is 0 Å². The molecule has 0 aliphatic heterocycles. The molecule has 0 aromatic heterocycles. The van der Waals surface area contributed by atoms with E-state index in [0.717, 1.165) is 0 Å². The van der Waals surface area contributed by atoms with Crippen molar-refractivity contribution in [3.8, 4) is 0 Å². The average Bonchev–Trinajstić information content (AvgIpc) is 1.19. The molecule has 0 fully saturated rings. The molecular weight excluding hydrogens is 223 g/mol. The standard InChI is InChI=1S/CH2O3.Al.Mg.H2O4S.H2O/c2-1(3)4;;;1-5(2,3)4;/h(H2,2,3,4);;;(H2,1,2,3,4);1H2/q;+3;+2;;/p-5. The average molecular weight is 224 g/mol. The summed E-state index contributed by atoms with van der Waals surface area (Å²) >= 11 is 0. The molecule has 0 rings (SSSR count). The minimum atomic E-state index is -5.17. The predicted octanol–water partition coefficient (Wildman–Crippen LogP) is -4.72. The predicted molar refractivity (Wildman–Crippen MR) is 29.3 cm³/mol. The molecule has 0 aliphatic carbocycles. The van der Waals surface area contributed by atoms with Crippen molar-refractivity contribution in [3.63, 3.8) is 0 Å². The van der Waals surface area contributed by atoms with Crippen LogP contribution in [0.15, 0.2) is 0 Å². The van der Waals surface area contributed by atoms with Gasteiger partial charge in [-0.1, -0.05) is 0 Å². The van der Waals surface area contributed by atoms with Crippen LogP contribution in [0, 0.1) is 0 Å². The Kier molecular flexibility index (Phi) is 34.2. The fourth-order valence-corrected chi connectivity index (χ4v) is 0. The quantitative estimate of drug-likeness (QED) is 0.224. The largest absolute Gasteiger partial charge is 3.00 e. The topological polar surface area (TPSA) is 173 Å². The molecule has 0 atom stereocenters. The van der Waals surface area contributed by atoms with Gasteiger partial charge >= 0.3 is 40.4 Å². The Hall–Kier alpha value is 0.399. The van der Waals surface area contributed by atoms with Crippen molar-refractivity contribution in [1.29, 1.82) is 0 Å². The van der Waals surface area contributed by atoms with E-state index in [9.17, 15) is 0 Å². The summed E-state index contributed by atoms with van der Waals surface area (Å²) in [6.45, 7) is 0. The van der Waals surface area contributed by atoms with E-state index in [0.29, 0.717) is 0 Å². The SMILES string of the molecule is O=C([O-])[O-].O=S(=O)([O-])[O-].[Al+3].[Mg+2].[OH-]. The van der Waals surface area contributed by atoms with Gasteiger partial charge in [-0.15, -0.1) is 0 Å². The van der Waals surface area contributed by atoms with Crippen LogP contribution in [-0.2, 0) is 10.4 Å². The van der Waals surface area contributed by atoms with E-state index in [1.54, 1.807) is 0 Å². The van der Waals surface area contributed by atoms with E-state index in [1.165, 1.54) is 0 Å². The summed E-state index contributed by atoms with van der Waals surface area (Å²) in [6.07, 6.45) is -2.33. The Morgan fingerprint density at radius 2 is 1.08 bits per heavy atom. The molecule has 0 unspecified atom stereocenters. The van der Waals surface area contributed by atoms with Crippen molar-refractivity contribution in [2.24, 2.45) is 0 Å². The summed E-state index contributed by atoms with van der Waals surface area (Å²) in [6, 6.07) is 0. The number of carbonyl (C=O) groups is 1. The summed E-state index contributed by atoms with van der Waals surface area (Å²) in [5.41, 5.74) is 0. The number of carboxylic acid groups (broad SMARTS) is 2. The van der Waals surface area contributed by atoms with Gasteiger partial charge in [-0.05, 0) is 6.16 Å². The molecule has 0 aromatic rings. The summed E-state index contributed by atoms with van der Waals surface area (Å²) in [4.78, 5) is 8.33. The van der Waals surface area contributed by atoms with Crippen LogP contribution in [0.5, 0.6) is 0 Å². The van der Waals surface area contributed by atoms with Crippen LogP contribution < -0.4 is 10.2 Å². The number of hydrogen-bond acceptors (Lipinski definition) is 8. The Morgan fingerprint density at radius 1 is 1.08 bits per heavy atom. The zero-order valence-electron chi connectivity index (χ0n) is 5.50. The van der Waals surface area contributed by atoms with Gasteiger partial charge in [0.15, 0.2) is 0 Å². The van der Waals surface area contributed by atoms with Gasteiger partial charge in [-0.2, -0.15) is 0 Å². The molecular formula is CHAlMgO8S. The van der Waals surface area contributed by atoms with Gasteiger partial charge in [-0.3, -0.25) is 8.42 Å². The molecule has 0 radical (unpaired) electrons. The molecule has 0 saturated heterocycles. The molecule has 0 amide bonds. The fraction of sp³-hybridized carbons (Fsp3) is 0. The molecule has 0 aliphatic rings. The first-order valence-electron chi connectivity index (χ1n) is 1.28. The first kappa shape index (κ1) is 29.4. The van der Waals surface area contributed by atoms with Crippen molar-refractivity contribution < 1.29 is 38.0 Å². The molecule has 1 N–H and O–H groups in total. The van der Waals surface area contributed by atoms with Crippen LogP contribution in [0.1, 0.15) is 0 Å². The van der Waals surface area contributed by atoms with Crippen LogP contribution in [0.2, 0.25) is 0 Å². The second-order valence-electron chi connectivity index (χ2n) is 0.658. The maximum absolute atomic E-state index is 8.52. The van der Waals surface area contributed by atoms with Crippen LogP contribution >= 0.6 is 0 Å². The van der Waals surface area contributed by atoms with E-state index in [1.807, 2.05) is 0 Å². The molecule has 0 saturated carbocycles. The second-order valence-corrected chi connectivity index (χ2v) is 1.47. The van der Waals surface area contributed by atoms with Gasteiger partial charge < -0.3 is 29.6 Å². The van der Waals surface area contributed by atoms with E-state index < -0.39 is 16.6 Å². The first-order valence-corrected chi connectivity index (χ1v) is 2.61. The first-order chi connectivity index (χ1) is 3.73.